The molecule has 1 aliphatic rings. The third kappa shape index (κ3) is 3.97. The van der Waals surface area contributed by atoms with Crippen molar-refractivity contribution in [3.05, 3.63) is 35.9 Å². The summed E-state index contributed by atoms with van der Waals surface area (Å²) in [6.45, 7) is -0.242. The van der Waals surface area contributed by atoms with Crippen LogP contribution >= 0.6 is 11.8 Å². The highest BCUT2D eigenvalue weighted by molar-refractivity contribution is 7.99. The van der Waals surface area contributed by atoms with Crippen LogP contribution in [0.15, 0.2) is 30.3 Å². The van der Waals surface area contributed by atoms with Gasteiger partial charge in [0.15, 0.2) is 0 Å². The van der Waals surface area contributed by atoms with Gasteiger partial charge in [0.1, 0.15) is 5.54 Å². The smallest absolute Gasteiger partial charge is 0.141 e. The minimum atomic E-state index is -0.729. The minimum absolute atomic E-state index is 0.242. The van der Waals surface area contributed by atoms with Crippen LogP contribution < -0.4 is 5.32 Å². The minimum Gasteiger partial charge on any atom is -0.394 e. The Balaban J connectivity index is 2.09. The molecule has 1 aromatic carbocycles. The zero-order valence-corrected chi connectivity index (χ0v) is 12.1. The van der Waals surface area contributed by atoms with E-state index in [1.807, 2.05) is 30.3 Å². The molecule has 2 atom stereocenters. The Kier molecular flexibility index (Phi) is 5.44. The van der Waals surface area contributed by atoms with E-state index in [4.69, 9.17) is 5.11 Å². The topological polar surface area (TPSA) is 76.3 Å². The van der Waals surface area contributed by atoms with Gasteiger partial charge in [0, 0.05) is 17.5 Å². The fourth-order valence-electron chi connectivity index (χ4n) is 2.04. The number of nitriles is 1. The van der Waals surface area contributed by atoms with Crippen molar-refractivity contribution in [2.24, 2.45) is 0 Å². The number of aliphatic hydroxyl groups excluding tert-OH is 2. The molecule has 2 rings (SSSR count). The quantitative estimate of drug-likeness (QED) is 0.672. The summed E-state index contributed by atoms with van der Waals surface area (Å²) in [6.07, 6.45) is 1.49. The molecule has 0 heterocycles. The first-order valence-corrected chi connectivity index (χ1v) is 7.97. The predicted octanol–water partition coefficient (Wildman–Crippen LogP) is 1.24. The van der Waals surface area contributed by atoms with Gasteiger partial charge in [-0.3, -0.25) is 5.32 Å². The summed E-state index contributed by atoms with van der Waals surface area (Å²) >= 11 is 1.49. The van der Waals surface area contributed by atoms with Gasteiger partial charge in [-0.05, 0) is 18.4 Å². The maximum absolute atomic E-state index is 9.69. The van der Waals surface area contributed by atoms with E-state index in [0.717, 1.165) is 18.4 Å². The molecule has 3 N–H and O–H groups in total. The molecule has 0 saturated heterocycles. The number of thioether (sulfide) groups is 1. The summed E-state index contributed by atoms with van der Waals surface area (Å²) < 4.78 is 0. The van der Waals surface area contributed by atoms with E-state index in [9.17, 15) is 10.4 Å². The zero-order valence-electron chi connectivity index (χ0n) is 11.3. The van der Waals surface area contributed by atoms with Gasteiger partial charge in [-0.25, -0.2) is 0 Å². The summed E-state index contributed by atoms with van der Waals surface area (Å²) in [7, 11) is 0. The highest BCUT2D eigenvalue weighted by atomic mass is 32.2. The van der Waals surface area contributed by atoms with E-state index in [0.29, 0.717) is 17.5 Å². The van der Waals surface area contributed by atoms with Gasteiger partial charge in [-0.1, -0.05) is 30.3 Å². The van der Waals surface area contributed by atoms with Crippen LogP contribution in [-0.4, -0.2) is 40.5 Å². The molecule has 1 aromatic rings. The Morgan fingerprint density at radius 3 is 2.65 bits per heavy atom. The average Bonchev–Trinajstić information content (AvgIpc) is 3.30. The van der Waals surface area contributed by atoms with E-state index in [1.165, 1.54) is 11.8 Å². The molecule has 0 amide bonds. The number of nitrogens with zero attached hydrogens (tertiary/aromatic N) is 1. The summed E-state index contributed by atoms with van der Waals surface area (Å²) in [5.74, 6) is 0.986. The molecule has 0 aliphatic heterocycles. The van der Waals surface area contributed by atoms with Crippen LogP contribution in [0.3, 0.4) is 0 Å². The van der Waals surface area contributed by atoms with Gasteiger partial charge >= 0.3 is 0 Å². The molecular formula is C15H20N2O2S. The Bertz CT molecular complexity index is 459. The van der Waals surface area contributed by atoms with E-state index in [-0.39, 0.29) is 6.61 Å². The van der Waals surface area contributed by atoms with Gasteiger partial charge in [-0.2, -0.15) is 17.0 Å². The van der Waals surface area contributed by atoms with Crippen molar-refractivity contribution in [1.82, 2.24) is 5.32 Å². The normalized spacial score (nSPS) is 19.1. The predicted molar refractivity (Wildman–Crippen MR) is 80.3 cm³/mol. The van der Waals surface area contributed by atoms with Crippen LogP contribution in [0.1, 0.15) is 18.4 Å². The highest BCUT2D eigenvalue weighted by Crippen LogP contribution is 2.31. The van der Waals surface area contributed by atoms with E-state index in [1.54, 1.807) is 0 Å². The molecule has 5 heteroatoms. The maximum Gasteiger partial charge on any atom is 0.141 e. The molecule has 1 saturated carbocycles. The van der Waals surface area contributed by atoms with Crippen molar-refractivity contribution < 1.29 is 10.2 Å². The first-order chi connectivity index (χ1) is 9.70. The lowest BCUT2D eigenvalue weighted by Crippen LogP contribution is -2.45. The third-order valence-corrected chi connectivity index (χ3v) is 4.58. The number of benzene rings is 1. The van der Waals surface area contributed by atoms with Gasteiger partial charge in [0.25, 0.3) is 0 Å². The fourth-order valence-corrected chi connectivity index (χ4v) is 3.15. The highest BCUT2D eigenvalue weighted by Gasteiger charge is 2.37. The number of aliphatic hydroxyl groups is 2. The average molecular weight is 292 g/mol. The van der Waals surface area contributed by atoms with E-state index < -0.39 is 11.6 Å². The van der Waals surface area contributed by atoms with Gasteiger partial charge in [-0.15, -0.1) is 0 Å². The van der Waals surface area contributed by atoms with Crippen molar-refractivity contribution in [2.75, 3.05) is 18.1 Å². The lowest BCUT2D eigenvalue weighted by Gasteiger charge is -2.28. The Hall–Kier alpha value is -1.06. The monoisotopic (exact) mass is 292 g/mol. The molecule has 108 valence electrons. The van der Waals surface area contributed by atoms with Crippen LogP contribution in [0, 0.1) is 11.3 Å². The van der Waals surface area contributed by atoms with Gasteiger partial charge in [0.2, 0.25) is 0 Å². The maximum atomic E-state index is 9.69. The van der Waals surface area contributed by atoms with Crippen LogP contribution in [0.2, 0.25) is 0 Å². The molecule has 0 spiro atoms. The number of rotatable bonds is 8. The fraction of sp³-hybridized carbons (Fsp3) is 0.533. The second kappa shape index (κ2) is 7.09. The largest absolute Gasteiger partial charge is 0.394 e. The molecule has 1 fully saturated rings. The molecule has 4 nitrogen and oxygen atoms in total. The Morgan fingerprint density at radius 2 is 2.10 bits per heavy atom. The summed E-state index contributed by atoms with van der Waals surface area (Å²) in [5.41, 5.74) is 0.239. The number of hydrogen-bond acceptors (Lipinski definition) is 5. The van der Waals surface area contributed by atoms with Gasteiger partial charge in [0.05, 0.1) is 18.8 Å². The van der Waals surface area contributed by atoms with Crippen LogP contribution in [-0.2, 0) is 5.54 Å². The Labute approximate surface area is 123 Å². The summed E-state index contributed by atoms with van der Waals surface area (Å²) in [5, 5.41) is 31.4. The van der Waals surface area contributed by atoms with Crippen molar-refractivity contribution in [3.8, 4) is 6.07 Å². The second-order valence-electron chi connectivity index (χ2n) is 5.15. The molecule has 20 heavy (non-hydrogen) atoms. The van der Waals surface area contributed by atoms with Gasteiger partial charge < -0.3 is 10.2 Å². The lowest BCUT2D eigenvalue weighted by atomic mass is 9.93. The molecular weight excluding hydrogens is 272 g/mol. The molecule has 0 radical (unpaired) electrons. The van der Waals surface area contributed by atoms with E-state index in [2.05, 4.69) is 11.4 Å². The molecule has 0 aromatic heterocycles. The van der Waals surface area contributed by atoms with Crippen LogP contribution in [0.4, 0.5) is 0 Å². The van der Waals surface area contributed by atoms with Crippen molar-refractivity contribution >= 4 is 11.8 Å². The van der Waals surface area contributed by atoms with Crippen molar-refractivity contribution in [1.29, 1.82) is 5.26 Å². The molecule has 1 aliphatic carbocycles. The zero-order chi connectivity index (χ0) is 14.4. The Morgan fingerprint density at radius 1 is 1.40 bits per heavy atom. The van der Waals surface area contributed by atoms with Crippen LogP contribution in [0.5, 0.6) is 0 Å². The summed E-state index contributed by atoms with van der Waals surface area (Å²) in [6, 6.07) is 12.6. The van der Waals surface area contributed by atoms with E-state index >= 15 is 0 Å². The third-order valence-electron chi connectivity index (χ3n) is 3.32. The standard InChI is InChI=1S/C15H20N2O2S/c16-10-15(17-13-6-7-13,11-20-9-14(19)8-18)12-4-2-1-3-5-12/h1-5,13-14,17-19H,6-9,11H2. The lowest BCUT2D eigenvalue weighted by molar-refractivity contribution is 0.113. The van der Waals surface area contributed by atoms with Crippen LogP contribution in [0.25, 0.3) is 0 Å². The SMILES string of the molecule is N#CC(CSCC(O)CO)(NC1CC1)c1ccccc1. The number of nitrogens with one attached hydrogen (secondary N) is 1. The van der Waals surface area contributed by atoms with Crippen molar-refractivity contribution in [2.45, 2.75) is 30.5 Å². The second-order valence-corrected chi connectivity index (χ2v) is 6.18. The summed E-state index contributed by atoms with van der Waals surface area (Å²) in [4.78, 5) is 0. The number of hydrogen-bond donors (Lipinski definition) is 3. The first kappa shape index (κ1) is 15.3. The molecule has 2 unspecified atom stereocenters. The molecule has 0 bridgehead atoms. The van der Waals surface area contributed by atoms with Crippen molar-refractivity contribution in [3.63, 3.8) is 0 Å². The first-order valence-electron chi connectivity index (χ1n) is 6.81.